The third-order valence-electron chi connectivity index (χ3n) is 4.43. The molecule has 0 spiro atoms. The molecule has 0 bridgehead atoms. The first-order valence-corrected chi connectivity index (χ1v) is 8.72. The van der Waals surface area contributed by atoms with Gasteiger partial charge in [0.05, 0.1) is 14.2 Å². The first-order valence-electron chi connectivity index (χ1n) is 8.72. The van der Waals surface area contributed by atoms with Crippen molar-refractivity contribution < 1.29 is 19.1 Å². The first kappa shape index (κ1) is 18.6. The average Bonchev–Trinajstić information content (AvgIpc) is 3.07. The number of urea groups is 1. The molecule has 2 N–H and O–H groups in total. The van der Waals surface area contributed by atoms with Crippen molar-refractivity contribution in [2.75, 3.05) is 36.3 Å². The minimum Gasteiger partial charge on any atom is -0.497 e. The quantitative estimate of drug-likeness (QED) is 0.840. The molecule has 2 aromatic carbocycles. The van der Waals surface area contributed by atoms with Gasteiger partial charge in [0.2, 0.25) is 5.91 Å². The van der Waals surface area contributed by atoms with Gasteiger partial charge in [-0.3, -0.25) is 4.79 Å². The standard InChI is InChI=1S/C20H23N3O4/c1-13-9-14(6-7-18(13)23-8-4-5-19(23)24)21-20(25)22-15-10-16(26-2)12-17(11-15)27-3/h6-7,9-12H,4-5,8H2,1-3H3,(H2,21,22,25). The Morgan fingerprint density at radius 1 is 1.00 bits per heavy atom. The van der Waals surface area contributed by atoms with E-state index in [-0.39, 0.29) is 11.9 Å². The van der Waals surface area contributed by atoms with Crippen LogP contribution in [0.3, 0.4) is 0 Å². The van der Waals surface area contributed by atoms with Crippen LogP contribution in [0.4, 0.5) is 21.9 Å². The highest BCUT2D eigenvalue weighted by molar-refractivity contribution is 6.01. The van der Waals surface area contributed by atoms with E-state index in [1.54, 1.807) is 43.4 Å². The molecule has 1 aliphatic heterocycles. The molecular formula is C20H23N3O4. The molecule has 2 aromatic rings. The fraction of sp³-hybridized carbons (Fsp3) is 0.300. The van der Waals surface area contributed by atoms with Crippen molar-refractivity contribution in [1.82, 2.24) is 0 Å². The summed E-state index contributed by atoms with van der Waals surface area (Å²) >= 11 is 0. The predicted octanol–water partition coefficient (Wildman–Crippen LogP) is 3.78. The summed E-state index contributed by atoms with van der Waals surface area (Å²) < 4.78 is 10.4. The highest BCUT2D eigenvalue weighted by Gasteiger charge is 2.23. The minimum absolute atomic E-state index is 0.142. The van der Waals surface area contributed by atoms with E-state index >= 15 is 0 Å². The number of anilines is 3. The van der Waals surface area contributed by atoms with Gasteiger partial charge in [0.15, 0.2) is 0 Å². The molecule has 0 radical (unpaired) electrons. The normalized spacial score (nSPS) is 13.4. The van der Waals surface area contributed by atoms with Gasteiger partial charge in [-0.25, -0.2) is 4.79 Å². The monoisotopic (exact) mass is 369 g/mol. The van der Waals surface area contributed by atoms with Crippen molar-refractivity contribution in [2.45, 2.75) is 19.8 Å². The Hall–Kier alpha value is -3.22. The highest BCUT2D eigenvalue weighted by Crippen LogP contribution is 2.28. The van der Waals surface area contributed by atoms with Gasteiger partial charge in [-0.2, -0.15) is 0 Å². The van der Waals surface area contributed by atoms with Gasteiger partial charge in [0.1, 0.15) is 11.5 Å². The number of methoxy groups -OCH3 is 2. The lowest BCUT2D eigenvalue weighted by Gasteiger charge is -2.19. The van der Waals surface area contributed by atoms with E-state index in [1.807, 2.05) is 19.1 Å². The summed E-state index contributed by atoms with van der Waals surface area (Å²) in [5, 5.41) is 5.56. The lowest BCUT2D eigenvalue weighted by Crippen LogP contribution is -2.24. The van der Waals surface area contributed by atoms with Crippen LogP contribution >= 0.6 is 0 Å². The summed E-state index contributed by atoms with van der Waals surface area (Å²) in [6.45, 7) is 2.67. The molecule has 1 fully saturated rings. The second-order valence-electron chi connectivity index (χ2n) is 6.33. The van der Waals surface area contributed by atoms with Crippen LogP contribution in [-0.4, -0.2) is 32.7 Å². The van der Waals surface area contributed by atoms with Gasteiger partial charge < -0.3 is 25.0 Å². The van der Waals surface area contributed by atoms with Crippen molar-refractivity contribution in [1.29, 1.82) is 0 Å². The fourth-order valence-electron chi connectivity index (χ4n) is 3.11. The Balaban J connectivity index is 1.69. The number of carbonyl (C=O) groups is 2. The average molecular weight is 369 g/mol. The number of amides is 3. The molecule has 3 rings (SSSR count). The van der Waals surface area contributed by atoms with E-state index in [1.165, 1.54) is 0 Å². The van der Waals surface area contributed by atoms with Gasteiger partial charge in [0, 0.05) is 48.2 Å². The van der Waals surface area contributed by atoms with Crippen LogP contribution in [0, 0.1) is 6.92 Å². The molecule has 1 aliphatic rings. The van der Waals surface area contributed by atoms with Crippen molar-refractivity contribution in [2.24, 2.45) is 0 Å². The number of hydrogen-bond acceptors (Lipinski definition) is 4. The largest absolute Gasteiger partial charge is 0.497 e. The molecule has 0 atom stereocenters. The van der Waals surface area contributed by atoms with Crippen LogP contribution in [0.15, 0.2) is 36.4 Å². The molecular weight excluding hydrogens is 346 g/mol. The number of hydrogen-bond donors (Lipinski definition) is 2. The predicted molar refractivity (Wildman–Crippen MR) is 105 cm³/mol. The van der Waals surface area contributed by atoms with Gasteiger partial charge in [-0.05, 0) is 37.1 Å². The summed E-state index contributed by atoms with van der Waals surface area (Å²) in [5.41, 5.74) is 3.03. The Morgan fingerprint density at radius 3 is 2.22 bits per heavy atom. The van der Waals surface area contributed by atoms with Crippen molar-refractivity contribution in [3.8, 4) is 11.5 Å². The Kier molecular flexibility index (Phi) is 5.49. The molecule has 0 unspecified atom stereocenters. The maximum absolute atomic E-state index is 12.3. The molecule has 7 nitrogen and oxygen atoms in total. The zero-order chi connectivity index (χ0) is 19.4. The summed E-state index contributed by atoms with van der Waals surface area (Å²) in [5.74, 6) is 1.31. The molecule has 3 amide bonds. The van der Waals surface area contributed by atoms with Gasteiger partial charge in [0.25, 0.3) is 0 Å². The van der Waals surface area contributed by atoms with Crippen molar-refractivity contribution in [3.05, 3.63) is 42.0 Å². The van der Waals surface area contributed by atoms with Gasteiger partial charge in [-0.1, -0.05) is 0 Å². The van der Waals surface area contributed by atoms with Crippen LogP contribution in [0.25, 0.3) is 0 Å². The smallest absolute Gasteiger partial charge is 0.323 e. The number of nitrogens with zero attached hydrogens (tertiary/aromatic N) is 1. The summed E-state index contributed by atoms with van der Waals surface area (Å²) in [6.07, 6.45) is 1.47. The summed E-state index contributed by atoms with van der Waals surface area (Å²) in [7, 11) is 3.10. The maximum Gasteiger partial charge on any atom is 0.323 e. The van der Waals surface area contributed by atoms with Crippen molar-refractivity contribution in [3.63, 3.8) is 0 Å². The Bertz CT molecular complexity index is 844. The van der Waals surface area contributed by atoms with E-state index < -0.39 is 0 Å². The molecule has 0 aliphatic carbocycles. The number of benzene rings is 2. The second-order valence-corrected chi connectivity index (χ2v) is 6.33. The molecule has 27 heavy (non-hydrogen) atoms. The van der Waals surface area contributed by atoms with Crippen molar-refractivity contribution >= 4 is 29.0 Å². The highest BCUT2D eigenvalue weighted by atomic mass is 16.5. The SMILES string of the molecule is COc1cc(NC(=O)Nc2ccc(N3CCCC3=O)c(C)c2)cc(OC)c1. The topological polar surface area (TPSA) is 79.9 Å². The van der Waals surface area contributed by atoms with Crippen LogP contribution in [0.1, 0.15) is 18.4 Å². The molecule has 142 valence electrons. The van der Waals surface area contributed by atoms with E-state index in [0.29, 0.717) is 29.3 Å². The third kappa shape index (κ3) is 4.31. The number of aryl methyl sites for hydroxylation is 1. The first-order chi connectivity index (χ1) is 13.0. The lowest BCUT2D eigenvalue weighted by molar-refractivity contribution is -0.117. The van der Waals surface area contributed by atoms with Gasteiger partial charge >= 0.3 is 6.03 Å². The third-order valence-corrected chi connectivity index (χ3v) is 4.43. The zero-order valence-electron chi connectivity index (χ0n) is 15.7. The van der Waals surface area contributed by atoms with E-state index in [9.17, 15) is 9.59 Å². The minimum atomic E-state index is -0.380. The number of ether oxygens (including phenoxy) is 2. The van der Waals surface area contributed by atoms with Crippen LogP contribution in [-0.2, 0) is 4.79 Å². The number of rotatable bonds is 5. The summed E-state index contributed by atoms with van der Waals surface area (Å²) in [4.78, 5) is 26.0. The number of nitrogens with one attached hydrogen (secondary N) is 2. The molecule has 0 saturated carbocycles. The molecule has 1 heterocycles. The van der Waals surface area contributed by atoms with E-state index in [0.717, 1.165) is 24.2 Å². The Morgan fingerprint density at radius 2 is 1.67 bits per heavy atom. The van der Waals surface area contributed by atoms with Crippen LogP contribution in [0.2, 0.25) is 0 Å². The maximum atomic E-state index is 12.3. The van der Waals surface area contributed by atoms with Gasteiger partial charge in [-0.15, -0.1) is 0 Å². The summed E-state index contributed by atoms with van der Waals surface area (Å²) in [6, 6.07) is 10.3. The second kappa shape index (κ2) is 7.99. The van der Waals surface area contributed by atoms with Crippen LogP contribution < -0.4 is 25.0 Å². The van der Waals surface area contributed by atoms with E-state index in [2.05, 4.69) is 10.6 Å². The number of carbonyl (C=O) groups excluding carboxylic acids is 2. The Labute approximate surface area is 158 Å². The molecule has 7 heteroatoms. The fourth-order valence-corrected chi connectivity index (χ4v) is 3.11. The molecule has 0 aromatic heterocycles. The molecule has 1 saturated heterocycles. The zero-order valence-corrected chi connectivity index (χ0v) is 15.7. The lowest BCUT2D eigenvalue weighted by atomic mass is 10.1. The van der Waals surface area contributed by atoms with Crippen LogP contribution in [0.5, 0.6) is 11.5 Å². The van der Waals surface area contributed by atoms with E-state index in [4.69, 9.17) is 9.47 Å².